The molecule has 1 amide bonds. The highest BCUT2D eigenvalue weighted by atomic mass is 16.5. The Kier molecular flexibility index (Phi) is 5.57. The molecule has 1 aliphatic heterocycles. The molecule has 5 rings (SSSR count). The Balaban J connectivity index is 1.61. The van der Waals surface area contributed by atoms with Gasteiger partial charge >= 0.3 is 0 Å². The Labute approximate surface area is 198 Å². The molecule has 1 fully saturated rings. The lowest BCUT2D eigenvalue weighted by Crippen LogP contribution is -2.37. The van der Waals surface area contributed by atoms with Crippen molar-refractivity contribution in [1.29, 1.82) is 0 Å². The zero-order valence-corrected chi connectivity index (χ0v) is 19.7. The van der Waals surface area contributed by atoms with E-state index in [1.807, 2.05) is 48.8 Å². The second-order valence-corrected chi connectivity index (χ2v) is 9.41. The topological polar surface area (TPSA) is 104 Å². The van der Waals surface area contributed by atoms with Crippen molar-refractivity contribution in [3.63, 3.8) is 0 Å². The Hall–Kier alpha value is -3.72. The van der Waals surface area contributed by atoms with Crippen molar-refractivity contribution in [3.8, 4) is 17.1 Å². The molecule has 9 heteroatoms. The summed E-state index contributed by atoms with van der Waals surface area (Å²) >= 11 is 0. The summed E-state index contributed by atoms with van der Waals surface area (Å²) in [5.41, 5.74) is 9.58. The normalized spacial score (nSPS) is 14.6. The molecule has 2 N–H and O–H groups in total. The third kappa shape index (κ3) is 4.26. The summed E-state index contributed by atoms with van der Waals surface area (Å²) in [4.78, 5) is 18.7. The molecule has 1 saturated heterocycles. The number of hydrogen-bond donors (Lipinski definition) is 1. The van der Waals surface area contributed by atoms with E-state index in [2.05, 4.69) is 30.0 Å². The van der Waals surface area contributed by atoms with E-state index in [1.165, 1.54) is 5.56 Å². The largest absolute Gasteiger partial charge is 0.378 e. The molecule has 0 bridgehead atoms. The number of primary amides is 1. The van der Waals surface area contributed by atoms with Gasteiger partial charge in [-0.3, -0.25) is 4.79 Å². The molecule has 34 heavy (non-hydrogen) atoms. The van der Waals surface area contributed by atoms with Crippen molar-refractivity contribution in [2.75, 3.05) is 31.2 Å². The first-order chi connectivity index (χ1) is 16.3. The van der Waals surface area contributed by atoms with Crippen molar-refractivity contribution < 1.29 is 9.53 Å². The number of benzene rings is 1. The molecule has 0 saturated carbocycles. The number of carbonyl (C=O) groups excluding carboxylic acids is 1. The highest BCUT2D eigenvalue weighted by Gasteiger charge is 2.28. The minimum absolute atomic E-state index is 0.204. The molecule has 4 aromatic rings. The van der Waals surface area contributed by atoms with E-state index in [-0.39, 0.29) is 12.3 Å². The van der Waals surface area contributed by atoms with Gasteiger partial charge in [-0.2, -0.15) is 14.7 Å². The number of nitrogens with two attached hydrogens (primary N) is 1. The summed E-state index contributed by atoms with van der Waals surface area (Å²) in [5, 5.41) is 9.64. The molecule has 0 radical (unpaired) electrons. The van der Waals surface area contributed by atoms with Gasteiger partial charge in [-0.1, -0.05) is 37.6 Å². The molecular weight excluding hydrogens is 430 g/mol. The maximum absolute atomic E-state index is 11.6. The van der Waals surface area contributed by atoms with Gasteiger partial charge < -0.3 is 15.4 Å². The number of aryl methyl sites for hydroxylation is 1. The molecule has 4 heterocycles. The molecule has 9 nitrogen and oxygen atoms in total. The minimum atomic E-state index is -0.508. The van der Waals surface area contributed by atoms with Crippen LogP contribution in [0.1, 0.15) is 31.5 Å². The van der Waals surface area contributed by atoms with Crippen LogP contribution in [0, 0.1) is 6.92 Å². The third-order valence-corrected chi connectivity index (χ3v) is 6.18. The standard InChI is InChI=1S/C25H29N7O2/c1-17-5-4-6-18(13-17)19-7-8-31(28-19)22-15-24(30-9-11-34-12-10-30)32-23(27-22)14-20(29-32)25(2,3)16-21(26)33/h4-8,13-15H,9-12,16H2,1-3H3,(H2,26,33). The first-order valence-corrected chi connectivity index (χ1v) is 11.5. The van der Waals surface area contributed by atoms with Crippen LogP contribution in [-0.2, 0) is 14.9 Å². The van der Waals surface area contributed by atoms with Crippen LogP contribution in [0.4, 0.5) is 5.82 Å². The number of morpholine rings is 1. The number of nitrogens with zero attached hydrogens (tertiary/aromatic N) is 6. The van der Waals surface area contributed by atoms with Gasteiger partial charge in [0.05, 0.1) is 24.6 Å². The van der Waals surface area contributed by atoms with Crippen LogP contribution in [0.25, 0.3) is 22.7 Å². The van der Waals surface area contributed by atoms with E-state index < -0.39 is 5.41 Å². The van der Waals surface area contributed by atoms with Crippen LogP contribution in [0.2, 0.25) is 0 Å². The van der Waals surface area contributed by atoms with Gasteiger partial charge in [-0.15, -0.1) is 0 Å². The van der Waals surface area contributed by atoms with Crippen LogP contribution in [0.3, 0.4) is 0 Å². The molecule has 0 atom stereocenters. The zero-order valence-electron chi connectivity index (χ0n) is 19.7. The van der Waals surface area contributed by atoms with E-state index in [4.69, 9.17) is 25.7 Å². The zero-order chi connectivity index (χ0) is 23.9. The van der Waals surface area contributed by atoms with E-state index >= 15 is 0 Å². The van der Waals surface area contributed by atoms with Gasteiger partial charge in [0.2, 0.25) is 5.91 Å². The van der Waals surface area contributed by atoms with Crippen LogP contribution in [-0.4, -0.2) is 56.6 Å². The number of fused-ring (bicyclic) bond motifs is 1. The smallest absolute Gasteiger partial charge is 0.218 e. The summed E-state index contributed by atoms with van der Waals surface area (Å²) < 4.78 is 9.20. The average molecular weight is 460 g/mol. The Morgan fingerprint density at radius 3 is 2.65 bits per heavy atom. The fraction of sp³-hybridized carbons (Fsp3) is 0.360. The molecule has 1 aliphatic rings. The Morgan fingerprint density at radius 2 is 1.91 bits per heavy atom. The number of amides is 1. The number of anilines is 1. The quantitative estimate of drug-likeness (QED) is 0.476. The van der Waals surface area contributed by atoms with E-state index in [0.717, 1.165) is 35.9 Å². The van der Waals surface area contributed by atoms with Gasteiger partial charge in [0, 0.05) is 48.8 Å². The predicted octanol–water partition coefficient (Wildman–Crippen LogP) is 2.88. The first kappa shape index (κ1) is 22.1. The summed E-state index contributed by atoms with van der Waals surface area (Å²) in [5.74, 6) is 1.26. The fourth-order valence-corrected chi connectivity index (χ4v) is 4.35. The number of hydrogen-bond acceptors (Lipinski definition) is 6. The minimum Gasteiger partial charge on any atom is -0.378 e. The molecule has 0 spiro atoms. The first-order valence-electron chi connectivity index (χ1n) is 11.5. The summed E-state index contributed by atoms with van der Waals surface area (Å²) in [6.07, 6.45) is 2.13. The predicted molar refractivity (Wildman–Crippen MR) is 130 cm³/mol. The van der Waals surface area contributed by atoms with Crippen molar-refractivity contribution in [2.45, 2.75) is 32.6 Å². The summed E-state index contributed by atoms with van der Waals surface area (Å²) in [6.45, 7) is 8.83. The van der Waals surface area contributed by atoms with E-state index in [1.54, 1.807) is 4.68 Å². The third-order valence-electron chi connectivity index (χ3n) is 6.18. The fourth-order valence-electron chi connectivity index (χ4n) is 4.35. The maximum Gasteiger partial charge on any atom is 0.218 e. The van der Waals surface area contributed by atoms with Crippen LogP contribution in [0.5, 0.6) is 0 Å². The van der Waals surface area contributed by atoms with Crippen LogP contribution < -0.4 is 10.6 Å². The van der Waals surface area contributed by atoms with Gasteiger partial charge in [0.1, 0.15) is 5.82 Å². The van der Waals surface area contributed by atoms with E-state index in [9.17, 15) is 4.79 Å². The SMILES string of the molecule is Cc1cccc(-c2ccn(-c3cc(N4CCOCC4)n4nc(C(C)(C)CC(N)=O)cc4n3)n2)c1. The van der Waals surface area contributed by atoms with Gasteiger partial charge in [0.25, 0.3) is 0 Å². The van der Waals surface area contributed by atoms with Gasteiger partial charge in [-0.05, 0) is 19.1 Å². The number of carbonyl (C=O) groups is 1. The molecule has 176 valence electrons. The maximum atomic E-state index is 11.6. The summed E-state index contributed by atoms with van der Waals surface area (Å²) in [6, 6.07) is 14.2. The van der Waals surface area contributed by atoms with E-state index in [0.29, 0.717) is 24.7 Å². The van der Waals surface area contributed by atoms with Crippen molar-refractivity contribution in [2.24, 2.45) is 5.73 Å². The average Bonchev–Trinajstić information content (AvgIpc) is 3.46. The molecule has 3 aromatic heterocycles. The van der Waals surface area contributed by atoms with Crippen molar-refractivity contribution in [1.82, 2.24) is 24.4 Å². The van der Waals surface area contributed by atoms with Gasteiger partial charge in [0.15, 0.2) is 11.5 Å². The van der Waals surface area contributed by atoms with Gasteiger partial charge in [-0.25, -0.2) is 9.67 Å². The molecular formula is C25H29N7O2. The number of aromatic nitrogens is 5. The Bertz CT molecular complexity index is 1350. The lowest BCUT2D eigenvalue weighted by atomic mass is 9.85. The van der Waals surface area contributed by atoms with Crippen molar-refractivity contribution in [3.05, 3.63) is 59.9 Å². The lowest BCUT2D eigenvalue weighted by molar-refractivity contribution is -0.119. The van der Waals surface area contributed by atoms with Crippen molar-refractivity contribution >= 4 is 17.4 Å². The molecule has 0 aliphatic carbocycles. The number of ether oxygens (including phenoxy) is 1. The van der Waals surface area contributed by atoms with Crippen LogP contribution >= 0.6 is 0 Å². The highest BCUT2D eigenvalue weighted by Crippen LogP contribution is 2.29. The molecule has 1 aromatic carbocycles. The second kappa shape index (κ2) is 8.57. The monoisotopic (exact) mass is 459 g/mol. The number of rotatable bonds is 6. The Morgan fingerprint density at radius 1 is 1.12 bits per heavy atom. The van der Waals surface area contributed by atoms with Crippen LogP contribution in [0.15, 0.2) is 48.7 Å². The molecule has 0 unspecified atom stereocenters. The second-order valence-electron chi connectivity index (χ2n) is 9.41. The lowest BCUT2D eigenvalue weighted by Gasteiger charge is -2.29. The highest BCUT2D eigenvalue weighted by molar-refractivity contribution is 5.75. The summed E-state index contributed by atoms with van der Waals surface area (Å²) in [7, 11) is 0.